The largest absolute Gasteiger partial charge is 0.488 e. The van der Waals surface area contributed by atoms with Gasteiger partial charge in [-0.25, -0.2) is 14.4 Å². The number of ether oxygens (including phenoxy) is 4. The van der Waals surface area contributed by atoms with E-state index in [4.69, 9.17) is 21.1 Å². The number of rotatable bonds is 6. The van der Waals surface area contributed by atoms with Crippen LogP contribution in [0.5, 0.6) is 5.75 Å². The monoisotopic (exact) mass is 459 g/mol. The van der Waals surface area contributed by atoms with Gasteiger partial charge in [0.25, 0.3) is 5.91 Å². The van der Waals surface area contributed by atoms with E-state index in [0.717, 1.165) is 0 Å². The first kappa shape index (κ1) is 22.8. The number of methoxy groups -OCH3 is 2. The predicted molar refractivity (Wildman–Crippen MR) is 114 cm³/mol. The van der Waals surface area contributed by atoms with Gasteiger partial charge in [0.1, 0.15) is 12.4 Å². The molecule has 3 rings (SSSR count). The highest BCUT2D eigenvalue weighted by Crippen LogP contribution is 2.29. The van der Waals surface area contributed by atoms with Crippen LogP contribution in [0.3, 0.4) is 0 Å². The minimum absolute atomic E-state index is 0.0151. The minimum atomic E-state index is -0.732. The Hall–Kier alpha value is -3.85. The molecule has 1 N–H and O–H groups in total. The summed E-state index contributed by atoms with van der Waals surface area (Å²) in [6.07, 6.45) is 1.58. The van der Waals surface area contributed by atoms with E-state index in [0.29, 0.717) is 16.3 Å². The van der Waals surface area contributed by atoms with E-state index in [1.54, 1.807) is 24.3 Å². The molecule has 1 aliphatic rings. The zero-order valence-electron chi connectivity index (χ0n) is 17.1. The van der Waals surface area contributed by atoms with Crippen molar-refractivity contribution in [2.45, 2.75) is 0 Å². The van der Waals surface area contributed by atoms with Crippen LogP contribution >= 0.6 is 11.6 Å². The third-order valence-electron chi connectivity index (χ3n) is 4.34. The highest BCUT2D eigenvalue weighted by Gasteiger charge is 2.20. The van der Waals surface area contributed by atoms with Gasteiger partial charge in [-0.1, -0.05) is 11.6 Å². The van der Waals surface area contributed by atoms with Gasteiger partial charge in [-0.2, -0.15) is 0 Å². The molecule has 166 valence electrons. The van der Waals surface area contributed by atoms with Crippen molar-refractivity contribution in [2.75, 3.05) is 32.8 Å². The average molecular weight is 460 g/mol. The summed E-state index contributed by atoms with van der Waals surface area (Å²) in [6, 6.07) is 8.90. The summed E-state index contributed by atoms with van der Waals surface area (Å²) < 4.78 is 19.8. The summed E-state index contributed by atoms with van der Waals surface area (Å²) >= 11 is 5.95. The molecule has 1 heterocycles. The molecule has 0 aromatic heterocycles. The van der Waals surface area contributed by atoms with E-state index < -0.39 is 30.4 Å². The second-order valence-electron chi connectivity index (χ2n) is 6.55. The van der Waals surface area contributed by atoms with Gasteiger partial charge in [0, 0.05) is 16.3 Å². The normalized spacial score (nSPS) is 11.9. The maximum atomic E-state index is 12.3. The number of hydrogen-bond acceptors (Lipinski definition) is 8. The molecule has 0 saturated carbocycles. The van der Waals surface area contributed by atoms with Crippen molar-refractivity contribution >= 4 is 47.2 Å². The van der Waals surface area contributed by atoms with Crippen molar-refractivity contribution < 1.29 is 38.1 Å². The van der Waals surface area contributed by atoms with Gasteiger partial charge in [-0.05, 0) is 42.5 Å². The zero-order chi connectivity index (χ0) is 23.3. The SMILES string of the molecule is COC(=O)c1cc(NC(=O)COC(=O)C2=Cc3cc(Cl)ccc3OC2)cc(C(=O)OC)c1. The van der Waals surface area contributed by atoms with Crippen LogP contribution in [-0.4, -0.2) is 51.2 Å². The highest BCUT2D eigenvalue weighted by molar-refractivity contribution is 6.30. The quantitative estimate of drug-likeness (QED) is 0.517. The van der Waals surface area contributed by atoms with Crippen molar-refractivity contribution in [3.05, 3.63) is 63.7 Å². The van der Waals surface area contributed by atoms with Gasteiger partial charge in [0.05, 0.1) is 30.9 Å². The molecule has 0 aliphatic carbocycles. The molecule has 1 amide bonds. The van der Waals surface area contributed by atoms with Gasteiger partial charge in [-0.3, -0.25) is 4.79 Å². The molecule has 0 bridgehead atoms. The van der Waals surface area contributed by atoms with Gasteiger partial charge in [-0.15, -0.1) is 0 Å². The van der Waals surface area contributed by atoms with Gasteiger partial charge in [0.2, 0.25) is 0 Å². The molecule has 0 unspecified atom stereocenters. The standard InChI is InChI=1S/C22H18ClNO8/c1-29-20(26)13-6-14(21(27)30-2)9-17(8-13)24-19(25)11-32-22(28)15-5-12-7-16(23)3-4-18(12)31-10-15/h3-9H,10-11H2,1-2H3,(H,24,25). The van der Waals surface area contributed by atoms with Crippen LogP contribution in [0.15, 0.2) is 42.0 Å². The van der Waals surface area contributed by atoms with Crippen LogP contribution in [0.25, 0.3) is 6.08 Å². The first-order chi connectivity index (χ1) is 15.3. The highest BCUT2D eigenvalue weighted by atomic mass is 35.5. The maximum Gasteiger partial charge on any atom is 0.338 e. The number of anilines is 1. The van der Waals surface area contributed by atoms with Crippen LogP contribution in [0, 0.1) is 0 Å². The molecule has 1 aliphatic heterocycles. The number of carbonyl (C=O) groups excluding carboxylic acids is 4. The van der Waals surface area contributed by atoms with E-state index in [1.165, 1.54) is 32.4 Å². The third-order valence-corrected chi connectivity index (χ3v) is 4.58. The summed E-state index contributed by atoms with van der Waals surface area (Å²) in [7, 11) is 2.36. The Morgan fingerprint density at radius 2 is 1.62 bits per heavy atom. The number of hydrogen-bond donors (Lipinski definition) is 1. The Labute approximate surface area is 187 Å². The number of halogens is 1. The lowest BCUT2D eigenvalue weighted by Gasteiger charge is -2.17. The van der Waals surface area contributed by atoms with Crippen LogP contribution in [0.2, 0.25) is 5.02 Å². The number of carbonyl (C=O) groups is 4. The van der Waals surface area contributed by atoms with Gasteiger partial charge >= 0.3 is 17.9 Å². The Bertz CT molecular complexity index is 1090. The lowest BCUT2D eigenvalue weighted by molar-refractivity contribution is -0.143. The number of fused-ring (bicyclic) bond motifs is 1. The molecule has 32 heavy (non-hydrogen) atoms. The molecule has 0 saturated heterocycles. The molecule has 10 heteroatoms. The predicted octanol–water partition coefficient (Wildman–Crippen LogP) is 2.87. The van der Waals surface area contributed by atoms with Crippen LogP contribution in [0.4, 0.5) is 5.69 Å². The lowest BCUT2D eigenvalue weighted by atomic mass is 10.1. The average Bonchev–Trinajstić information content (AvgIpc) is 2.80. The Morgan fingerprint density at radius 3 is 2.25 bits per heavy atom. The van der Waals surface area contributed by atoms with E-state index in [1.807, 2.05) is 0 Å². The Morgan fingerprint density at radius 1 is 0.969 bits per heavy atom. The fraction of sp³-hybridized carbons (Fsp3) is 0.182. The number of nitrogens with one attached hydrogen (secondary N) is 1. The summed E-state index contributed by atoms with van der Waals surface area (Å²) in [6.45, 7) is -0.618. The molecule has 2 aromatic rings. The molecular formula is C22H18ClNO8. The lowest BCUT2D eigenvalue weighted by Crippen LogP contribution is -2.24. The molecular weight excluding hydrogens is 442 g/mol. The van der Waals surface area contributed by atoms with Crippen molar-refractivity contribution in [1.82, 2.24) is 0 Å². The number of esters is 3. The van der Waals surface area contributed by atoms with Crippen molar-refractivity contribution in [3.8, 4) is 5.75 Å². The van der Waals surface area contributed by atoms with Crippen molar-refractivity contribution in [3.63, 3.8) is 0 Å². The summed E-state index contributed by atoms with van der Waals surface area (Å²) in [5, 5.41) is 2.95. The smallest absolute Gasteiger partial charge is 0.338 e. The first-order valence-electron chi connectivity index (χ1n) is 9.22. The molecule has 0 spiro atoms. The Balaban J connectivity index is 1.66. The second kappa shape index (κ2) is 9.97. The maximum absolute atomic E-state index is 12.3. The fourth-order valence-corrected chi connectivity index (χ4v) is 3.04. The van der Waals surface area contributed by atoms with E-state index in [2.05, 4.69) is 14.8 Å². The zero-order valence-corrected chi connectivity index (χ0v) is 17.9. The molecule has 0 radical (unpaired) electrons. The van der Waals surface area contributed by atoms with E-state index >= 15 is 0 Å². The fourth-order valence-electron chi connectivity index (χ4n) is 2.86. The molecule has 0 fully saturated rings. The van der Waals surface area contributed by atoms with E-state index in [-0.39, 0.29) is 29.0 Å². The third kappa shape index (κ3) is 5.44. The van der Waals surface area contributed by atoms with Crippen LogP contribution < -0.4 is 10.1 Å². The minimum Gasteiger partial charge on any atom is -0.488 e. The number of amides is 1. The van der Waals surface area contributed by atoms with Crippen LogP contribution in [-0.2, 0) is 23.8 Å². The van der Waals surface area contributed by atoms with Gasteiger partial charge in [0.15, 0.2) is 6.61 Å². The van der Waals surface area contributed by atoms with Crippen LogP contribution in [0.1, 0.15) is 26.3 Å². The first-order valence-corrected chi connectivity index (χ1v) is 9.60. The molecule has 0 atom stereocenters. The Kier molecular flexibility index (Phi) is 7.11. The second-order valence-corrected chi connectivity index (χ2v) is 6.98. The topological polar surface area (TPSA) is 117 Å². The summed E-state index contributed by atoms with van der Waals surface area (Å²) in [4.78, 5) is 48.2. The number of benzene rings is 2. The van der Waals surface area contributed by atoms with Crippen molar-refractivity contribution in [2.24, 2.45) is 0 Å². The summed E-state index contributed by atoms with van der Waals surface area (Å²) in [5.41, 5.74) is 1.02. The van der Waals surface area contributed by atoms with Gasteiger partial charge < -0.3 is 24.3 Å². The van der Waals surface area contributed by atoms with E-state index in [9.17, 15) is 19.2 Å². The molecule has 2 aromatic carbocycles. The summed E-state index contributed by atoms with van der Waals surface area (Å²) in [5.74, 6) is -2.25. The molecule has 9 nitrogen and oxygen atoms in total. The van der Waals surface area contributed by atoms with Crippen molar-refractivity contribution in [1.29, 1.82) is 0 Å².